The van der Waals surface area contributed by atoms with Crippen LogP contribution in [0.3, 0.4) is 0 Å². The minimum atomic E-state index is 0.456. The molecule has 0 saturated carbocycles. The molecule has 17 heavy (non-hydrogen) atoms. The fourth-order valence-electron chi connectivity index (χ4n) is 2.85. The molecule has 2 rings (SSSR count). The number of ether oxygens (including phenoxy) is 1. The highest BCUT2D eigenvalue weighted by Gasteiger charge is 2.33. The first-order valence-corrected chi connectivity index (χ1v) is 7.65. The maximum atomic E-state index is 5.82. The average molecular weight is 253 g/mol. The Morgan fingerprint density at radius 3 is 3.06 bits per heavy atom. The number of rotatable bonds is 6. The molecule has 0 spiro atoms. The fraction of sp³-hybridized carbons (Fsp3) is 0.714. The molecule has 2 heterocycles. The molecule has 1 saturated heterocycles. The lowest BCUT2D eigenvalue weighted by atomic mass is 9.88. The van der Waals surface area contributed by atoms with Crippen LogP contribution >= 0.6 is 11.3 Å². The van der Waals surface area contributed by atoms with Gasteiger partial charge in [-0.15, -0.1) is 0 Å². The lowest BCUT2D eigenvalue weighted by molar-refractivity contribution is 0.0776. The van der Waals surface area contributed by atoms with Crippen molar-refractivity contribution in [2.75, 3.05) is 13.2 Å². The van der Waals surface area contributed by atoms with Gasteiger partial charge in [0.1, 0.15) is 0 Å². The average Bonchev–Trinajstić information content (AvgIpc) is 2.98. The van der Waals surface area contributed by atoms with Gasteiger partial charge < -0.3 is 10.1 Å². The van der Waals surface area contributed by atoms with Gasteiger partial charge in [-0.2, -0.15) is 11.3 Å². The van der Waals surface area contributed by atoms with E-state index in [1.165, 1.54) is 12.0 Å². The van der Waals surface area contributed by atoms with Gasteiger partial charge >= 0.3 is 0 Å². The van der Waals surface area contributed by atoms with Gasteiger partial charge in [-0.1, -0.05) is 13.8 Å². The molecule has 1 aromatic heterocycles. The number of hydrogen-bond acceptors (Lipinski definition) is 3. The van der Waals surface area contributed by atoms with E-state index in [1.54, 1.807) is 11.3 Å². The molecule has 1 aliphatic heterocycles. The van der Waals surface area contributed by atoms with E-state index in [9.17, 15) is 0 Å². The zero-order chi connectivity index (χ0) is 12.1. The maximum Gasteiger partial charge on any atom is 0.0616 e. The highest BCUT2D eigenvalue weighted by molar-refractivity contribution is 7.07. The molecule has 3 heteroatoms. The smallest absolute Gasteiger partial charge is 0.0616 e. The molecule has 0 aromatic carbocycles. The first-order valence-electron chi connectivity index (χ1n) is 6.71. The number of hydrogen-bond donors (Lipinski definition) is 1. The van der Waals surface area contributed by atoms with Gasteiger partial charge in [0, 0.05) is 18.6 Å². The second-order valence-corrected chi connectivity index (χ2v) is 5.55. The van der Waals surface area contributed by atoms with Crippen LogP contribution in [0.5, 0.6) is 0 Å². The molecular formula is C14H23NOS. The van der Waals surface area contributed by atoms with Gasteiger partial charge in [-0.25, -0.2) is 0 Å². The molecule has 3 unspecified atom stereocenters. The number of nitrogens with one attached hydrogen (secondary N) is 1. The van der Waals surface area contributed by atoms with Crippen molar-refractivity contribution in [1.29, 1.82) is 0 Å². The standard InChI is InChI=1S/C14H23NOS/c1-3-14-12(5-7-16-14)13(15-4-2)9-11-6-8-17-10-11/h6,8,10,12-15H,3-5,7,9H2,1-2H3. The van der Waals surface area contributed by atoms with E-state index in [1.807, 2.05) is 0 Å². The third-order valence-corrected chi connectivity index (χ3v) is 4.41. The van der Waals surface area contributed by atoms with Crippen LogP contribution < -0.4 is 5.32 Å². The molecule has 1 N–H and O–H groups in total. The summed E-state index contributed by atoms with van der Waals surface area (Å²) in [4.78, 5) is 0. The minimum absolute atomic E-state index is 0.456. The van der Waals surface area contributed by atoms with Crippen molar-refractivity contribution in [2.45, 2.75) is 45.3 Å². The Kier molecular flexibility index (Phi) is 5.01. The van der Waals surface area contributed by atoms with Crippen LogP contribution in [0.4, 0.5) is 0 Å². The molecule has 96 valence electrons. The first kappa shape index (κ1) is 13.1. The predicted octanol–water partition coefficient (Wildman–Crippen LogP) is 3.08. The lowest BCUT2D eigenvalue weighted by Gasteiger charge is -2.27. The van der Waals surface area contributed by atoms with Gasteiger partial charge in [-0.05, 0) is 48.2 Å². The van der Waals surface area contributed by atoms with E-state index in [0.717, 1.165) is 26.0 Å². The molecule has 1 fully saturated rings. The van der Waals surface area contributed by atoms with E-state index in [-0.39, 0.29) is 0 Å². The summed E-state index contributed by atoms with van der Waals surface area (Å²) in [5.41, 5.74) is 1.46. The van der Waals surface area contributed by atoms with Crippen molar-refractivity contribution in [3.8, 4) is 0 Å². The third-order valence-electron chi connectivity index (χ3n) is 3.68. The van der Waals surface area contributed by atoms with Crippen LogP contribution in [0, 0.1) is 5.92 Å². The molecule has 2 nitrogen and oxygen atoms in total. The lowest BCUT2D eigenvalue weighted by Crippen LogP contribution is -2.41. The zero-order valence-electron chi connectivity index (χ0n) is 10.8. The Hall–Kier alpha value is -0.380. The van der Waals surface area contributed by atoms with Crippen LogP contribution in [0.15, 0.2) is 16.8 Å². The monoisotopic (exact) mass is 253 g/mol. The first-order chi connectivity index (χ1) is 8.35. The van der Waals surface area contributed by atoms with Gasteiger partial charge in [0.05, 0.1) is 6.10 Å². The van der Waals surface area contributed by atoms with Crippen molar-refractivity contribution in [2.24, 2.45) is 5.92 Å². The highest BCUT2D eigenvalue weighted by Crippen LogP contribution is 2.28. The summed E-state index contributed by atoms with van der Waals surface area (Å²) >= 11 is 1.79. The van der Waals surface area contributed by atoms with Crippen LogP contribution in [0.25, 0.3) is 0 Å². The molecule has 0 bridgehead atoms. The Balaban J connectivity index is 2.00. The van der Waals surface area contributed by atoms with Crippen LogP contribution in [0.1, 0.15) is 32.3 Å². The van der Waals surface area contributed by atoms with E-state index in [4.69, 9.17) is 4.74 Å². The quantitative estimate of drug-likeness (QED) is 0.841. The Morgan fingerprint density at radius 2 is 2.41 bits per heavy atom. The van der Waals surface area contributed by atoms with Crippen molar-refractivity contribution in [3.63, 3.8) is 0 Å². The van der Waals surface area contributed by atoms with Gasteiger partial charge in [0.2, 0.25) is 0 Å². The Morgan fingerprint density at radius 1 is 1.53 bits per heavy atom. The summed E-state index contributed by atoms with van der Waals surface area (Å²) in [5, 5.41) is 8.08. The van der Waals surface area contributed by atoms with Crippen LogP contribution in [-0.4, -0.2) is 25.3 Å². The highest BCUT2D eigenvalue weighted by atomic mass is 32.1. The summed E-state index contributed by atoms with van der Waals surface area (Å²) in [6, 6.07) is 2.81. The topological polar surface area (TPSA) is 21.3 Å². The summed E-state index contributed by atoms with van der Waals surface area (Å²) < 4.78 is 5.82. The molecule has 1 aromatic rings. The zero-order valence-corrected chi connectivity index (χ0v) is 11.6. The summed E-state index contributed by atoms with van der Waals surface area (Å²) in [6.07, 6.45) is 3.94. The Labute approximate surface area is 108 Å². The molecular weight excluding hydrogens is 230 g/mol. The SMILES string of the molecule is CCNC(Cc1ccsc1)C1CCOC1CC. The largest absolute Gasteiger partial charge is 0.378 e. The molecule has 0 aliphatic carbocycles. The maximum absolute atomic E-state index is 5.82. The molecule has 1 aliphatic rings. The second-order valence-electron chi connectivity index (χ2n) is 4.77. The van der Waals surface area contributed by atoms with E-state index in [2.05, 4.69) is 36.0 Å². The van der Waals surface area contributed by atoms with Gasteiger partial charge in [-0.3, -0.25) is 0 Å². The summed E-state index contributed by atoms with van der Waals surface area (Å²) in [7, 11) is 0. The van der Waals surface area contributed by atoms with Gasteiger partial charge in [0.25, 0.3) is 0 Å². The minimum Gasteiger partial charge on any atom is -0.378 e. The van der Waals surface area contributed by atoms with E-state index in [0.29, 0.717) is 18.1 Å². The summed E-state index contributed by atoms with van der Waals surface area (Å²) in [6.45, 7) is 6.41. The predicted molar refractivity (Wildman–Crippen MR) is 73.6 cm³/mol. The molecule has 0 radical (unpaired) electrons. The summed E-state index contributed by atoms with van der Waals surface area (Å²) in [5.74, 6) is 0.680. The molecule has 3 atom stereocenters. The van der Waals surface area contributed by atoms with E-state index >= 15 is 0 Å². The van der Waals surface area contributed by atoms with Crippen molar-refractivity contribution in [3.05, 3.63) is 22.4 Å². The van der Waals surface area contributed by atoms with Crippen molar-refractivity contribution in [1.82, 2.24) is 5.32 Å². The fourth-order valence-corrected chi connectivity index (χ4v) is 3.53. The van der Waals surface area contributed by atoms with Crippen molar-refractivity contribution >= 4 is 11.3 Å². The number of likely N-dealkylation sites (N-methyl/N-ethyl adjacent to an activating group) is 1. The molecule has 0 amide bonds. The van der Waals surface area contributed by atoms with E-state index < -0.39 is 0 Å². The van der Waals surface area contributed by atoms with Gasteiger partial charge in [0.15, 0.2) is 0 Å². The van der Waals surface area contributed by atoms with Crippen molar-refractivity contribution < 1.29 is 4.74 Å². The second kappa shape index (κ2) is 6.53. The van der Waals surface area contributed by atoms with Crippen LogP contribution in [-0.2, 0) is 11.2 Å². The Bertz CT molecular complexity index is 312. The van der Waals surface area contributed by atoms with Crippen LogP contribution in [0.2, 0.25) is 0 Å². The normalized spacial score (nSPS) is 26.2. The third kappa shape index (κ3) is 3.30. The number of thiophene rings is 1.